The lowest BCUT2D eigenvalue weighted by Gasteiger charge is -2.13. The van der Waals surface area contributed by atoms with Gasteiger partial charge in [-0.15, -0.1) is 11.3 Å². The molecule has 4 rings (SSSR count). The average molecular weight is 335 g/mol. The van der Waals surface area contributed by atoms with E-state index < -0.39 is 0 Å². The van der Waals surface area contributed by atoms with Crippen molar-refractivity contribution in [2.24, 2.45) is 0 Å². The van der Waals surface area contributed by atoms with Crippen LogP contribution < -0.4 is 5.73 Å². The van der Waals surface area contributed by atoms with Crippen molar-refractivity contribution in [1.82, 2.24) is 14.9 Å². The van der Waals surface area contributed by atoms with Crippen LogP contribution in [0.5, 0.6) is 0 Å². The van der Waals surface area contributed by atoms with E-state index in [1.54, 1.807) is 11.8 Å². The van der Waals surface area contributed by atoms with Gasteiger partial charge in [-0.3, -0.25) is 0 Å². The molecule has 6 heteroatoms. The zero-order valence-electron chi connectivity index (χ0n) is 12.8. The molecule has 2 aromatic rings. The van der Waals surface area contributed by atoms with Gasteiger partial charge in [0.15, 0.2) is 5.16 Å². The molecule has 0 amide bonds. The summed E-state index contributed by atoms with van der Waals surface area (Å²) in [4.78, 5) is 14.5. The number of hydrogen-bond donors (Lipinski definition) is 1. The molecule has 0 saturated carbocycles. The minimum absolute atomic E-state index is 0.688. The van der Waals surface area contributed by atoms with Crippen molar-refractivity contribution in [3.05, 3.63) is 10.4 Å². The SMILES string of the molecule is Nc1nc(SCCN2CCCC2)nc2sc3c(c12)CCCC3. The second kappa shape index (κ2) is 6.34. The maximum Gasteiger partial charge on any atom is 0.190 e. The first-order valence-corrected chi connectivity index (χ1v) is 10.0. The molecular weight excluding hydrogens is 312 g/mol. The molecule has 0 spiro atoms. The maximum atomic E-state index is 6.25. The Kier molecular flexibility index (Phi) is 4.24. The van der Waals surface area contributed by atoms with Crippen molar-refractivity contribution in [3.63, 3.8) is 0 Å². The normalized spacial score (nSPS) is 18.9. The van der Waals surface area contributed by atoms with E-state index in [9.17, 15) is 0 Å². The van der Waals surface area contributed by atoms with E-state index in [1.807, 2.05) is 11.3 Å². The van der Waals surface area contributed by atoms with Gasteiger partial charge in [0.25, 0.3) is 0 Å². The fourth-order valence-corrected chi connectivity index (χ4v) is 5.68. The zero-order chi connectivity index (χ0) is 14.9. The summed E-state index contributed by atoms with van der Waals surface area (Å²) in [6.45, 7) is 3.63. The lowest BCUT2D eigenvalue weighted by molar-refractivity contribution is 0.362. The van der Waals surface area contributed by atoms with E-state index in [1.165, 1.54) is 55.6 Å². The Morgan fingerprint density at radius 1 is 1.09 bits per heavy atom. The van der Waals surface area contributed by atoms with Crippen LogP contribution in [0.3, 0.4) is 0 Å². The highest BCUT2D eigenvalue weighted by Gasteiger charge is 2.20. The molecule has 1 fully saturated rings. The number of nitrogens with two attached hydrogens (primary N) is 1. The summed E-state index contributed by atoms with van der Waals surface area (Å²) in [7, 11) is 0. The van der Waals surface area contributed by atoms with Crippen LogP contribution >= 0.6 is 23.1 Å². The summed E-state index contributed by atoms with van der Waals surface area (Å²) in [6.07, 6.45) is 7.59. The standard InChI is InChI=1S/C16H22N4S2/c17-14-13-11-5-1-2-6-12(11)22-15(13)19-16(18-14)21-10-9-20-7-3-4-8-20/h1-10H2,(H2,17,18,19). The molecule has 0 atom stereocenters. The first-order valence-electron chi connectivity index (χ1n) is 8.24. The molecule has 3 heterocycles. The molecule has 0 aromatic carbocycles. The maximum absolute atomic E-state index is 6.25. The molecule has 118 valence electrons. The largest absolute Gasteiger partial charge is 0.383 e. The van der Waals surface area contributed by atoms with Gasteiger partial charge in [-0.2, -0.15) is 0 Å². The zero-order valence-corrected chi connectivity index (χ0v) is 14.4. The Morgan fingerprint density at radius 3 is 2.77 bits per heavy atom. The van der Waals surface area contributed by atoms with E-state index in [2.05, 4.69) is 9.88 Å². The number of fused-ring (bicyclic) bond motifs is 3. The molecule has 1 aliphatic carbocycles. The molecule has 2 N–H and O–H groups in total. The van der Waals surface area contributed by atoms with E-state index in [-0.39, 0.29) is 0 Å². The van der Waals surface area contributed by atoms with Gasteiger partial charge in [0, 0.05) is 17.2 Å². The number of nitrogens with zero attached hydrogens (tertiary/aromatic N) is 3. The smallest absolute Gasteiger partial charge is 0.190 e. The van der Waals surface area contributed by atoms with E-state index in [0.29, 0.717) is 5.82 Å². The molecule has 2 aromatic heterocycles. The highest BCUT2D eigenvalue weighted by atomic mass is 32.2. The molecule has 2 aliphatic rings. The predicted molar refractivity (Wildman–Crippen MR) is 94.9 cm³/mol. The Balaban J connectivity index is 1.52. The van der Waals surface area contributed by atoms with Crippen molar-refractivity contribution in [2.75, 3.05) is 31.1 Å². The van der Waals surface area contributed by atoms with Gasteiger partial charge in [-0.1, -0.05) is 11.8 Å². The minimum Gasteiger partial charge on any atom is -0.383 e. The van der Waals surface area contributed by atoms with E-state index >= 15 is 0 Å². The number of likely N-dealkylation sites (tertiary alicyclic amines) is 1. The summed E-state index contributed by atoms with van der Waals surface area (Å²) in [6, 6.07) is 0. The van der Waals surface area contributed by atoms with Gasteiger partial charge in [-0.25, -0.2) is 9.97 Å². The Labute approximate surface area is 139 Å². The summed E-state index contributed by atoms with van der Waals surface area (Å²) < 4.78 is 0. The van der Waals surface area contributed by atoms with Crippen LogP contribution in [-0.2, 0) is 12.8 Å². The quantitative estimate of drug-likeness (QED) is 0.686. The van der Waals surface area contributed by atoms with Crippen molar-refractivity contribution in [1.29, 1.82) is 0 Å². The monoisotopic (exact) mass is 334 g/mol. The van der Waals surface area contributed by atoms with Crippen molar-refractivity contribution >= 4 is 39.1 Å². The van der Waals surface area contributed by atoms with Crippen LogP contribution in [0.1, 0.15) is 36.1 Å². The number of nitrogen functional groups attached to an aromatic ring is 1. The van der Waals surface area contributed by atoms with Crippen LogP contribution in [0.4, 0.5) is 5.82 Å². The Morgan fingerprint density at radius 2 is 1.91 bits per heavy atom. The van der Waals surface area contributed by atoms with Gasteiger partial charge in [0.1, 0.15) is 10.6 Å². The third kappa shape index (κ3) is 2.84. The third-order valence-electron chi connectivity index (χ3n) is 4.66. The highest BCUT2D eigenvalue weighted by Crippen LogP contribution is 2.38. The van der Waals surface area contributed by atoms with Crippen LogP contribution in [0.2, 0.25) is 0 Å². The number of aryl methyl sites for hydroxylation is 2. The van der Waals surface area contributed by atoms with Gasteiger partial charge in [0.05, 0.1) is 5.39 Å². The number of hydrogen-bond acceptors (Lipinski definition) is 6. The summed E-state index contributed by atoms with van der Waals surface area (Å²) in [5.74, 6) is 1.74. The number of rotatable bonds is 4. The van der Waals surface area contributed by atoms with Gasteiger partial charge >= 0.3 is 0 Å². The van der Waals surface area contributed by atoms with Crippen LogP contribution in [0, 0.1) is 0 Å². The first kappa shape index (κ1) is 14.7. The van der Waals surface area contributed by atoms with E-state index in [0.717, 1.165) is 34.1 Å². The molecule has 0 unspecified atom stereocenters. The average Bonchev–Trinajstić information content (AvgIpc) is 3.14. The summed E-state index contributed by atoms with van der Waals surface area (Å²) in [5, 5.41) is 1.99. The van der Waals surface area contributed by atoms with Crippen molar-refractivity contribution < 1.29 is 0 Å². The first-order chi connectivity index (χ1) is 10.8. The Hall–Kier alpha value is -0.850. The second-order valence-electron chi connectivity index (χ2n) is 6.18. The number of anilines is 1. The molecule has 22 heavy (non-hydrogen) atoms. The molecule has 4 nitrogen and oxygen atoms in total. The lowest BCUT2D eigenvalue weighted by Crippen LogP contribution is -2.21. The van der Waals surface area contributed by atoms with Gasteiger partial charge in [0.2, 0.25) is 0 Å². The van der Waals surface area contributed by atoms with Crippen LogP contribution in [0.25, 0.3) is 10.2 Å². The molecule has 0 radical (unpaired) electrons. The second-order valence-corrected chi connectivity index (χ2v) is 8.33. The van der Waals surface area contributed by atoms with Gasteiger partial charge < -0.3 is 10.6 Å². The topological polar surface area (TPSA) is 55.0 Å². The summed E-state index contributed by atoms with van der Waals surface area (Å²) in [5.41, 5.74) is 7.68. The summed E-state index contributed by atoms with van der Waals surface area (Å²) >= 11 is 3.58. The lowest BCUT2D eigenvalue weighted by atomic mass is 9.97. The fourth-order valence-electron chi connectivity index (χ4n) is 3.50. The van der Waals surface area contributed by atoms with Crippen LogP contribution in [0.15, 0.2) is 5.16 Å². The predicted octanol–water partition coefficient (Wildman–Crippen LogP) is 3.34. The minimum atomic E-state index is 0.688. The molecular formula is C16H22N4S2. The van der Waals surface area contributed by atoms with Crippen molar-refractivity contribution in [3.8, 4) is 0 Å². The molecule has 0 bridgehead atoms. The van der Waals surface area contributed by atoms with Crippen molar-refractivity contribution in [2.45, 2.75) is 43.7 Å². The van der Waals surface area contributed by atoms with Gasteiger partial charge in [-0.05, 0) is 57.2 Å². The number of thiophene rings is 1. The molecule has 1 saturated heterocycles. The van der Waals surface area contributed by atoms with E-state index in [4.69, 9.17) is 10.7 Å². The Bertz CT molecular complexity index is 676. The fraction of sp³-hybridized carbons (Fsp3) is 0.625. The number of aromatic nitrogens is 2. The highest BCUT2D eigenvalue weighted by molar-refractivity contribution is 7.99. The third-order valence-corrected chi connectivity index (χ3v) is 6.67. The number of thioether (sulfide) groups is 1. The van der Waals surface area contributed by atoms with Crippen LogP contribution in [-0.4, -0.2) is 40.3 Å². The molecule has 1 aliphatic heterocycles.